The molecule has 0 unspecified atom stereocenters. The van der Waals surface area contributed by atoms with E-state index in [0.717, 1.165) is 38.5 Å². The van der Waals surface area contributed by atoms with E-state index in [0.29, 0.717) is 19.3 Å². The zero-order valence-electron chi connectivity index (χ0n) is 46.9. The van der Waals surface area contributed by atoms with Crippen LogP contribution in [0.3, 0.4) is 0 Å². The summed E-state index contributed by atoms with van der Waals surface area (Å²) in [7, 11) is 0. The molecule has 0 amide bonds. The zero-order valence-corrected chi connectivity index (χ0v) is 46.9. The Kier molecular flexibility index (Phi) is 64.7. The Labute approximate surface area is 437 Å². The Morgan fingerprint density at radius 1 is 0.324 bits per heavy atom. The summed E-state index contributed by atoms with van der Waals surface area (Å²) in [6.07, 6.45) is 56.3. The minimum Gasteiger partial charge on any atom is -0.481 e. The van der Waals surface area contributed by atoms with E-state index in [9.17, 15) is 14.4 Å². The summed E-state index contributed by atoms with van der Waals surface area (Å²) in [5.41, 5.74) is 0. The van der Waals surface area contributed by atoms with Crippen molar-refractivity contribution in [1.29, 1.82) is 0 Å². The van der Waals surface area contributed by atoms with Crippen molar-refractivity contribution in [2.75, 3.05) is 13.2 Å². The Bertz CT molecular complexity index is 953. The third-order valence-corrected chi connectivity index (χ3v) is 13.8. The van der Waals surface area contributed by atoms with Crippen molar-refractivity contribution in [3.63, 3.8) is 0 Å². The molecular weight excluding hydrogens is 897 g/mol. The van der Waals surface area contributed by atoms with E-state index in [4.69, 9.17) is 40.5 Å². The van der Waals surface area contributed by atoms with E-state index < -0.39 is 42.3 Å². The monoisotopic (exact) mass is 1020 g/mol. The maximum Gasteiger partial charge on any atom is 0.303 e. The number of unbranched alkanes of at least 4 members (excludes halogenated alkanes) is 42. The van der Waals surface area contributed by atoms with Gasteiger partial charge in [0.15, 0.2) is 0 Å². The highest BCUT2D eigenvalue weighted by Gasteiger charge is 2.36. The molecule has 4 atom stereocenters. The van der Waals surface area contributed by atoms with Gasteiger partial charge in [-0.05, 0) is 19.3 Å². The van der Waals surface area contributed by atoms with Crippen molar-refractivity contribution < 1.29 is 54.9 Å². The molecule has 11 nitrogen and oxygen atoms in total. The molecule has 1 fully saturated rings. The molecule has 0 aromatic heterocycles. The number of hydrogen-bond donors (Lipinski definition) is 7. The first-order valence-electron chi connectivity index (χ1n) is 30.4. The molecule has 71 heavy (non-hydrogen) atoms. The van der Waals surface area contributed by atoms with Gasteiger partial charge < -0.3 is 40.5 Å². The van der Waals surface area contributed by atoms with Gasteiger partial charge in [0.05, 0.1) is 13.2 Å². The lowest BCUT2D eigenvalue weighted by Crippen LogP contribution is -2.53. The van der Waals surface area contributed by atoms with Crippen LogP contribution in [0.15, 0.2) is 0 Å². The molecule has 1 aliphatic heterocycles. The number of ether oxygens (including phenoxy) is 1. The van der Waals surface area contributed by atoms with Crippen molar-refractivity contribution in [2.24, 2.45) is 0 Å². The highest BCUT2D eigenvalue weighted by atomic mass is 16.5. The molecule has 11 heteroatoms. The zero-order chi connectivity index (χ0) is 53.1. The second-order valence-corrected chi connectivity index (χ2v) is 20.9. The Hall–Kier alpha value is -1.79. The summed E-state index contributed by atoms with van der Waals surface area (Å²) < 4.78 is 4.81. The predicted molar refractivity (Wildman–Crippen MR) is 296 cm³/mol. The van der Waals surface area contributed by atoms with Gasteiger partial charge in [-0.1, -0.05) is 290 Å². The minimum absolute atomic E-state index is 0.0521. The molecule has 0 bridgehead atoms. The summed E-state index contributed by atoms with van der Waals surface area (Å²) in [5, 5.41) is 61.3. The van der Waals surface area contributed by atoms with Gasteiger partial charge >= 0.3 is 17.9 Å². The van der Waals surface area contributed by atoms with Crippen LogP contribution in [0.4, 0.5) is 0 Å². The molecule has 0 radical (unpaired) electrons. The van der Waals surface area contributed by atoms with E-state index in [1.54, 1.807) is 0 Å². The molecule has 1 heterocycles. The summed E-state index contributed by atoms with van der Waals surface area (Å²) in [6.45, 7) is 6.40. The lowest BCUT2D eigenvalue weighted by molar-refractivity contribution is -0.195. The number of aliphatic hydroxyl groups is 4. The molecule has 426 valence electrons. The molecule has 1 aliphatic rings. The van der Waals surface area contributed by atoms with Crippen LogP contribution in [0.25, 0.3) is 0 Å². The van der Waals surface area contributed by atoms with E-state index in [1.165, 1.54) is 250 Å². The second kappa shape index (κ2) is 62.5. The largest absolute Gasteiger partial charge is 0.481 e. The van der Waals surface area contributed by atoms with Gasteiger partial charge in [-0.3, -0.25) is 14.4 Å². The number of carbonyl (C=O) groups is 3. The SMILES string of the molecule is CCCCCCCCCCCCCCCCCC(=O)O.CCCCCCCCCCCCCCCCCC(=O)O.CCCCCCCCCCCCCCCCCC(=O)O.OC[C@H]1OC[C@H](O)[C@@H](O)[C@@H]1O. The Morgan fingerprint density at radius 2 is 0.507 bits per heavy atom. The highest BCUT2D eigenvalue weighted by molar-refractivity contribution is 5.67. The molecule has 0 aliphatic carbocycles. The number of hydrogen-bond acceptors (Lipinski definition) is 8. The summed E-state index contributed by atoms with van der Waals surface area (Å²) in [4.78, 5) is 31.0. The normalized spacial score (nSPS) is 16.3. The average molecular weight is 1020 g/mol. The van der Waals surface area contributed by atoms with Crippen LogP contribution in [-0.2, 0) is 19.1 Å². The Morgan fingerprint density at radius 3 is 0.676 bits per heavy atom. The van der Waals surface area contributed by atoms with Gasteiger partial charge in [0.25, 0.3) is 0 Å². The van der Waals surface area contributed by atoms with Crippen LogP contribution in [0.1, 0.15) is 329 Å². The maximum atomic E-state index is 10.3. The fraction of sp³-hybridized carbons (Fsp3) is 0.950. The van der Waals surface area contributed by atoms with Gasteiger partial charge in [-0.25, -0.2) is 0 Å². The predicted octanol–water partition coefficient (Wildman–Crippen LogP) is 16.5. The lowest BCUT2D eigenvalue weighted by Gasteiger charge is -2.34. The van der Waals surface area contributed by atoms with Gasteiger partial charge in [0.1, 0.15) is 24.4 Å². The smallest absolute Gasteiger partial charge is 0.303 e. The third-order valence-electron chi connectivity index (χ3n) is 13.8. The number of carboxylic acid groups (broad SMARTS) is 3. The first-order chi connectivity index (χ1) is 34.5. The first-order valence-corrected chi connectivity index (χ1v) is 30.4. The first kappa shape index (κ1) is 73.5. The summed E-state index contributed by atoms with van der Waals surface area (Å²) in [5.74, 6) is -1.96. The molecule has 0 aromatic rings. The number of carboxylic acids is 3. The second-order valence-electron chi connectivity index (χ2n) is 20.9. The van der Waals surface area contributed by atoms with Crippen molar-refractivity contribution in [1.82, 2.24) is 0 Å². The van der Waals surface area contributed by atoms with Gasteiger partial charge in [0, 0.05) is 19.3 Å². The van der Waals surface area contributed by atoms with Crippen molar-refractivity contribution in [3.05, 3.63) is 0 Å². The number of rotatable bonds is 49. The van der Waals surface area contributed by atoms with E-state index in [2.05, 4.69) is 20.8 Å². The molecule has 1 rings (SSSR count). The van der Waals surface area contributed by atoms with Crippen LogP contribution in [0.2, 0.25) is 0 Å². The van der Waals surface area contributed by atoms with Crippen LogP contribution in [0.5, 0.6) is 0 Å². The number of aliphatic hydroxyl groups excluding tert-OH is 4. The van der Waals surface area contributed by atoms with Crippen molar-refractivity contribution in [2.45, 2.75) is 353 Å². The lowest BCUT2D eigenvalue weighted by atomic mass is 10.0. The molecular formula is C60H120O11. The van der Waals surface area contributed by atoms with E-state index >= 15 is 0 Å². The van der Waals surface area contributed by atoms with Gasteiger partial charge in [-0.15, -0.1) is 0 Å². The van der Waals surface area contributed by atoms with Crippen LogP contribution < -0.4 is 0 Å². The van der Waals surface area contributed by atoms with E-state index in [-0.39, 0.29) is 13.2 Å². The molecule has 1 saturated heterocycles. The van der Waals surface area contributed by atoms with E-state index in [1.807, 2.05) is 0 Å². The van der Waals surface area contributed by atoms with Crippen LogP contribution in [0, 0.1) is 0 Å². The number of aliphatic carboxylic acids is 3. The Balaban J connectivity index is -0.000000885. The van der Waals surface area contributed by atoms with Crippen molar-refractivity contribution in [3.8, 4) is 0 Å². The minimum atomic E-state index is -1.22. The molecule has 7 N–H and O–H groups in total. The third kappa shape index (κ3) is 64.3. The maximum absolute atomic E-state index is 10.3. The van der Waals surface area contributed by atoms with Crippen molar-refractivity contribution >= 4 is 17.9 Å². The quantitative estimate of drug-likeness (QED) is 0.0286. The highest BCUT2D eigenvalue weighted by Crippen LogP contribution is 2.18. The molecule has 0 spiro atoms. The van der Waals surface area contributed by atoms with Gasteiger partial charge in [0.2, 0.25) is 0 Å². The molecule has 0 aromatic carbocycles. The fourth-order valence-electron chi connectivity index (χ4n) is 8.97. The summed E-state index contributed by atoms with van der Waals surface area (Å²) in [6, 6.07) is 0. The molecule has 0 saturated carbocycles. The van der Waals surface area contributed by atoms with Gasteiger partial charge in [-0.2, -0.15) is 0 Å². The topological polar surface area (TPSA) is 202 Å². The standard InChI is InChI=1S/3C18H36O2.C6H12O5/c3*1-2-3-4-5-6-7-8-9-10-11-12-13-14-15-16-17-18(19)20;7-1-4-6(10)5(9)3(8)2-11-4/h3*2-17H2,1H3,(H,19,20);3-10H,1-2H2/t;;;3-,4+,5+,6+/m...0/s1. The van der Waals surface area contributed by atoms with Crippen LogP contribution >= 0.6 is 0 Å². The average Bonchev–Trinajstić information content (AvgIpc) is 3.35. The van der Waals surface area contributed by atoms with Crippen LogP contribution in [-0.4, -0.2) is 91.3 Å². The fourth-order valence-corrected chi connectivity index (χ4v) is 8.97. The summed E-state index contributed by atoms with van der Waals surface area (Å²) >= 11 is 0.